The van der Waals surface area contributed by atoms with E-state index in [1.807, 2.05) is 19.0 Å². The predicted octanol–water partition coefficient (Wildman–Crippen LogP) is 5.13. The van der Waals surface area contributed by atoms with Gasteiger partial charge in [0.1, 0.15) is 18.7 Å². The van der Waals surface area contributed by atoms with Crippen LogP contribution in [0.1, 0.15) is 27.9 Å². The van der Waals surface area contributed by atoms with Crippen LogP contribution in [0.15, 0.2) is 42.7 Å². The standard InChI is InChI=1S/C27H28ClF3N6O3/c1-36(2)19-7-9-37(14-19)13-17-3-5-18(12-20(17)27(29,30)31)35-25(38)16-4-6-21(28)22(11-16)40-26-23-24(33-15-34-26)32-8-10-39-23/h3-6,11-12,15,19H,7-10,13-14H2,1-2H3,(H,35,38)(H,32,33,34)/t19-/m1/s1. The van der Waals surface area contributed by atoms with Crippen molar-refractivity contribution in [3.63, 3.8) is 0 Å². The third kappa shape index (κ3) is 6.24. The molecule has 5 rings (SSSR count). The van der Waals surface area contributed by atoms with E-state index >= 15 is 0 Å². The molecule has 13 heteroatoms. The fourth-order valence-electron chi connectivity index (χ4n) is 4.71. The van der Waals surface area contributed by atoms with Gasteiger partial charge in [-0.2, -0.15) is 18.2 Å². The minimum Gasteiger partial charge on any atom is -0.483 e. The minimum atomic E-state index is -4.58. The second-order valence-corrected chi connectivity index (χ2v) is 10.3. The van der Waals surface area contributed by atoms with Gasteiger partial charge in [0.25, 0.3) is 11.8 Å². The average molecular weight is 577 g/mol. The Morgan fingerprint density at radius 2 is 2.08 bits per heavy atom. The topological polar surface area (TPSA) is 91.9 Å². The van der Waals surface area contributed by atoms with Crippen molar-refractivity contribution in [3.8, 4) is 17.4 Å². The highest BCUT2D eigenvalue weighted by atomic mass is 35.5. The SMILES string of the molecule is CN(C)[C@@H]1CCN(Cc2ccc(NC(=O)c3ccc(Cl)c(Oc4ncnc5c4OCCN5)c3)cc2C(F)(F)F)C1. The van der Waals surface area contributed by atoms with Crippen LogP contribution in [0.5, 0.6) is 17.4 Å². The van der Waals surface area contributed by atoms with Gasteiger partial charge < -0.3 is 25.0 Å². The maximum absolute atomic E-state index is 14.0. The number of aromatic nitrogens is 2. The molecule has 40 heavy (non-hydrogen) atoms. The fourth-order valence-corrected chi connectivity index (χ4v) is 4.87. The Balaban J connectivity index is 1.33. The largest absolute Gasteiger partial charge is 0.483 e. The molecule has 1 amide bonds. The first-order valence-electron chi connectivity index (χ1n) is 12.7. The van der Waals surface area contributed by atoms with Gasteiger partial charge in [0.15, 0.2) is 5.82 Å². The quantitative estimate of drug-likeness (QED) is 0.400. The molecule has 1 fully saturated rings. The van der Waals surface area contributed by atoms with E-state index in [-0.39, 0.29) is 40.0 Å². The number of carbonyl (C=O) groups excluding carboxylic acids is 1. The smallest absolute Gasteiger partial charge is 0.416 e. The number of carbonyl (C=O) groups is 1. The fraction of sp³-hybridized carbons (Fsp3) is 0.370. The summed E-state index contributed by atoms with van der Waals surface area (Å²) in [5.74, 6) is 0.380. The lowest BCUT2D eigenvalue weighted by Crippen LogP contribution is -2.31. The molecule has 1 atom stereocenters. The van der Waals surface area contributed by atoms with Crippen LogP contribution in [0, 0.1) is 0 Å². The predicted molar refractivity (Wildman–Crippen MR) is 144 cm³/mol. The summed E-state index contributed by atoms with van der Waals surface area (Å²) in [4.78, 5) is 25.3. The van der Waals surface area contributed by atoms with Gasteiger partial charge in [0.2, 0.25) is 5.75 Å². The zero-order chi connectivity index (χ0) is 28.4. The van der Waals surface area contributed by atoms with E-state index in [4.69, 9.17) is 21.1 Å². The number of nitrogens with one attached hydrogen (secondary N) is 2. The first-order chi connectivity index (χ1) is 19.1. The molecule has 0 unspecified atom stereocenters. The molecule has 2 N–H and O–H groups in total. The number of hydrogen-bond donors (Lipinski definition) is 2. The molecule has 3 aromatic rings. The molecule has 2 aliphatic heterocycles. The third-order valence-corrected chi connectivity index (χ3v) is 7.17. The van der Waals surface area contributed by atoms with Gasteiger partial charge >= 0.3 is 6.18 Å². The number of benzene rings is 2. The van der Waals surface area contributed by atoms with Crippen LogP contribution in [0.3, 0.4) is 0 Å². The van der Waals surface area contributed by atoms with E-state index in [1.165, 1.54) is 36.7 Å². The van der Waals surface area contributed by atoms with Gasteiger partial charge in [0.05, 0.1) is 17.1 Å². The summed E-state index contributed by atoms with van der Waals surface area (Å²) in [5.41, 5.74) is -0.459. The number of likely N-dealkylation sites (N-methyl/N-ethyl adjacent to an activating group) is 1. The Kier molecular flexibility index (Phi) is 8.02. The van der Waals surface area contributed by atoms with Crippen LogP contribution in [-0.4, -0.2) is 72.1 Å². The molecule has 1 aromatic heterocycles. The molecule has 0 aliphatic carbocycles. The van der Waals surface area contributed by atoms with Gasteiger partial charge in [-0.3, -0.25) is 9.69 Å². The Morgan fingerprint density at radius 3 is 2.83 bits per heavy atom. The number of fused-ring (bicyclic) bond motifs is 1. The van der Waals surface area contributed by atoms with E-state index in [0.29, 0.717) is 37.3 Å². The third-order valence-electron chi connectivity index (χ3n) is 6.86. The van der Waals surface area contributed by atoms with E-state index < -0.39 is 17.6 Å². The average Bonchev–Trinajstić information content (AvgIpc) is 3.39. The molecule has 2 aromatic carbocycles. The van der Waals surface area contributed by atoms with Gasteiger partial charge in [-0.25, -0.2) is 4.98 Å². The van der Waals surface area contributed by atoms with Crippen molar-refractivity contribution >= 4 is 29.0 Å². The van der Waals surface area contributed by atoms with Crippen molar-refractivity contribution in [2.24, 2.45) is 0 Å². The highest BCUT2D eigenvalue weighted by molar-refractivity contribution is 6.32. The number of alkyl halides is 3. The maximum atomic E-state index is 14.0. The summed E-state index contributed by atoms with van der Waals surface area (Å²) in [7, 11) is 3.94. The molecule has 0 saturated carbocycles. The number of rotatable bonds is 7. The Bertz CT molecular complexity index is 1400. The molecular formula is C27H28ClF3N6O3. The summed E-state index contributed by atoms with van der Waals surface area (Å²) in [6, 6.07) is 8.47. The zero-order valence-electron chi connectivity index (χ0n) is 21.9. The lowest BCUT2D eigenvalue weighted by Gasteiger charge is -2.22. The lowest BCUT2D eigenvalue weighted by atomic mass is 10.0. The van der Waals surface area contributed by atoms with E-state index in [1.54, 1.807) is 0 Å². The molecular weight excluding hydrogens is 549 g/mol. The summed E-state index contributed by atoms with van der Waals surface area (Å²) in [5, 5.41) is 5.83. The van der Waals surface area contributed by atoms with Crippen molar-refractivity contribution in [2.75, 3.05) is 51.0 Å². The maximum Gasteiger partial charge on any atom is 0.416 e. The number of likely N-dealkylation sites (tertiary alicyclic amines) is 1. The van der Waals surface area contributed by atoms with Gasteiger partial charge in [-0.1, -0.05) is 17.7 Å². The number of hydrogen-bond acceptors (Lipinski definition) is 8. The molecule has 212 valence electrons. The summed E-state index contributed by atoms with van der Waals surface area (Å²) >= 11 is 6.29. The van der Waals surface area contributed by atoms with Crippen molar-refractivity contribution in [3.05, 3.63) is 64.4 Å². The molecule has 0 bridgehead atoms. The van der Waals surface area contributed by atoms with Crippen LogP contribution in [-0.2, 0) is 12.7 Å². The lowest BCUT2D eigenvalue weighted by molar-refractivity contribution is -0.138. The number of halogens is 4. The Hall–Kier alpha value is -3.61. The molecule has 3 heterocycles. The normalized spacial score (nSPS) is 17.2. The van der Waals surface area contributed by atoms with Crippen LogP contribution in [0.25, 0.3) is 0 Å². The van der Waals surface area contributed by atoms with Crippen molar-refractivity contribution < 1.29 is 27.4 Å². The molecule has 0 spiro atoms. The molecule has 1 saturated heterocycles. The zero-order valence-corrected chi connectivity index (χ0v) is 22.6. The highest BCUT2D eigenvalue weighted by Crippen LogP contribution is 2.39. The second kappa shape index (κ2) is 11.5. The van der Waals surface area contributed by atoms with Gasteiger partial charge in [-0.05, 0) is 56.4 Å². The van der Waals surface area contributed by atoms with Crippen LogP contribution < -0.4 is 20.1 Å². The summed E-state index contributed by atoms with van der Waals surface area (Å²) < 4.78 is 53.4. The first-order valence-corrected chi connectivity index (χ1v) is 13.1. The Morgan fingerprint density at radius 1 is 1.25 bits per heavy atom. The van der Waals surface area contributed by atoms with Gasteiger partial charge in [-0.15, -0.1) is 0 Å². The Labute approximate surface area is 234 Å². The first kappa shape index (κ1) is 27.9. The van der Waals surface area contributed by atoms with E-state index in [9.17, 15) is 18.0 Å². The van der Waals surface area contributed by atoms with Crippen LogP contribution >= 0.6 is 11.6 Å². The van der Waals surface area contributed by atoms with E-state index in [0.717, 1.165) is 19.0 Å². The monoisotopic (exact) mass is 576 g/mol. The number of anilines is 2. The van der Waals surface area contributed by atoms with Crippen molar-refractivity contribution in [1.82, 2.24) is 19.8 Å². The highest BCUT2D eigenvalue weighted by Gasteiger charge is 2.35. The van der Waals surface area contributed by atoms with Crippen LogP contribution in [0.4, 0.5) is 24.7 Å². The van der Waals surface area contributed by atoms with Crippen molar-refractivity contribution in [2.45, 2.75) is 25.2 Å². The van der Waals surface area contributed by atoms with Crippen molar-refractivity contribution in [1.29, 1.82) is 0 Å². The van der Waals surface area contributed by atoms with Crippen LogP contribution in [0.2, 0.25) is 5.02 Å². The summed E-state index contributed by atoms with van der Waals surface area (Å²) in [6.45, 7) is 2.56. The van der Waals surface area contributed by atoms with E-state index in [2.05, 4.69) is 25.5 Å². The summed E-state index contributed by atoms with van der Waals surface area (Å²) in [6.07, 6.45) is -2.38. The minimum absolute atomic E-state index is 0.0235. The number of amides is 1. The second-order valence-electron chi connectivity index (χ2n) is 9.84. The molecule has 9 nitrogen and oxygen atoms in total. The number of ether oxygens (including phenoxy) is 2. The molecule has 0 radical (unpaired) electrons. The molecule has 2 aliphatic rings. The van der Waals surface area contributed by atoms with Gasteiger partial charge in [0, 0.05) is 36.9 Å². The number of nitrogens with zero attached hydrogens (tertiary/aromatic N) is 4.